The van der Waals surface area contributed by atoms with Gasteiger partial charge in [0, 0.05) is 5.69 Å². The van der Waals surface area contributed by atoms with Crippen molar-refractivity contribution in [1.29, 1.82) is 5.26 Å². The Bertz CT molecular complexity index is 435. The van der Waals surface area contributed by atoms with Crippen molar-refractivity contribution >= 4 is 34.4 Å². The van der Waals surface area contributed by atoms with E-state index in [0.29, 0.717) is 10.9 Å². The summed E-state index contributed by atoms with van der Waals surface area (Å²) in [6.45, 7) is 0. The van der Waals surface area contributed by atoms with E-state index in [1.165, 1.54) is 11.9 Å². The van der Waals surface area contributed by atoms with Gasteiger partial charge < -0.3 is 5.73 Å². The van der Waals surface area contributed by atoms with Gasteiger partial charge in [-0.05, 0) is 29.6 Å². The average molecular weight is 238 g/mol. The Kier molecular flexibility index (Phi) is 2.85. The SMILES string of the molecule is N#CC1C(Cl)=NSC1c1ccc(N)cc1. The normalized spacial score (nSPS) is 24.7. The second kappa shape index (κ2) is 4.13. The fraction of sp³-hybridized carbons (Fsp3) is 0.200. The van der Waals surface area contributed by atoms with Crippen molar-refractivity contribution in [3.8, 4) is 6.07 Å². The molecule has 0 aliphatic carbocycles. The number of hydrogen-bond donors (Lipinski definition) is 1. The van der Waals surface area contributed by atoms with Crippen molar-refractivity contribution in [3.63, 3.8) is 0 Å². The lowest BCUT2D eigenvalue weighted by atomic mass is 10.0. The summed E-state index contributed by atoms with van der Waals surface area (Å²) in [4.78, 5) is 0. The van der Waals surface area contributed by atoms with Crippen LogP contribution in [-0.4, -0.2) is 5.17 Å². The Morgan fingerprint density at radius 1 is 1.40 bits per heavy atom. The zero-order valence-electron chi connectivity index (χ0n) is 7.72. The third-order valence-electron chi connectivity index (χ3n) is 2.22. The summed E-state index contributed by atoms with van der Waals surface area (Å²) in [7, 11) is 0. The minimum atomic E-state index is -0.347. The summed E-state index contributed by atoms with van der Waals surface area (Å²) in [6.07, 6.45) is 0. The molecule has 0 bridgehead atoms. The van der Waals surface area contributed by atoms with Crippen molar-refractivity contribution in [1.82, 2.24) is 0 Å². The number of anilines is 1. The van der Waals surface area contributed by atoms with Crippen LogP contribution in [-0.2, 0) is 0 Å². The molecule has 0 aromatic heterocycles. The van der Waals surface area contributed by atoms with Gasteiger partial charge in [-0.25, -0.2) is 4.40 Å². The van der Waals surface area contributed by atoms with Gasteiger partial charge in [-0.1, -0.05) is 23.7 Å². The van der Waals surface area contributed by atoms with Crippen LogP contribution in [0, 0.1) is 17.2 Å². The second-order valence-electron chi connectivity index (χ2n) is 3.21. The smallest absolute Gasteiger partial charge is 0.133 e. The van der Waals surface area contributed by atoms with Crippen LogP contribution in [0.25, 0.3) is 0 Å². The quantitative estimate of drug-likeness (QED) is 0.604. The van der Waals surface area contributed by atoms with Gasteiger partial charge in [0.25, 0.3) is 0 Å². The minimum Gasteiger partial charge on any atom is -0.399 e. The number of nitrogens with two attached hydrogens (primary N) is 1. The number of halogens is 1. The van der Waals surface area contributed by atoms with E-state index in [0.717, 1.165) is 5.56 Å². The fourth-order valence-corrected chi connectivity index (χ4v) is 2.70. The number of nitrogen functional groups attached to an aromatic ring is 1. The van der Waals surface area contributed by atoms with E-state index in [4.69, 9.17) is 22.6 Å². The standard InChI is InChI=1S/C10H8ClN3S/c11-10-8(5-12)9(15-14-10)6-1-3-7(13)4-2-6/h1-4,8-9H,13H2. The summed E-state index contributed by atoms with van der Waals surface area (Å²) in [5.41, 5.74) is 7.33. The fourth-order valence-electron chi connectivity index (χ4n) is 1.41. The van der Waals surface area contributed by atoms with E-state index >= 15 is 0 Å². The highest BCUT2D eigenvalue weighted by atomic mass is 35.5. The zero-order valence-corrected chi connectivity index (χ0v) is 9.29. The highest BCUT2D eigenvalue weighted by Gasteiger charge is 2.32. The van der Waals surface area contributed by atoms with Gasteiger partial charge >= 0.3 is 0 Å². The maximum atomic E-state index is 8.97. The lowest BCUT2D eigenvalue weighted by molar-refractivity contribution is 0.867. The molecular formula is C10H8ClN3S. The average Bonchev–Trinajstić information content (AvgIpc) is 2.61. The molecule has 0 saturated heterocycles. The molecule has 15 heavy (non-hydrogen) atoms. The van der Waals surface area contributed by atoms with Crippen molar-refractivity contribution in [2.75, 3.05) is 5.73 Å². The molecule has 0 fully saturated rings. The maximum absolute atomic E-state index is 8.97. The van der Waals surface area contributed by atoms with Gasteiger partial charge in [0.05, 0.1) is 11.3 Å². The van der Waals surface area contributed by atoms with Gasteiger partial charge in [-0.3, -0.25) is 0 Å². The predicted molar refractivity (Wildman–Crippen MR) is 63.6 cm³/mol. The molecule has 2 atom stereocenters. The summed E-state index contributed by atoms with van der Waals surface area (Å²) in [5.74, 6) is -0.347. The lowest BCUT2D eigenvalue weighted by Crippen LogP contribution is -2.09. The van der Waals surface area contributed by atoms with Crippen LogP contribution in [0.5, 0.6) is 0 Å². The van der Waals surface area contributed by atoms with Crippen molar-refractivity contribution < 1.29 is 0 Å². The first kappa shape index (κ1) is 10.3. The molecule has 5 heteroatoms. The van der Waals surface area contributed by atoms with Gasteiger partial charge in [0.15, 0.2) is 0 Å². The predicted octanol–water partition coefficient (Wildman–Crippen LogP) is 2.75. The number of hydrogen-bond acceptors (Lipinski definition) is 4. The lowest BCUT2D eigenvalue weighted by Gasteiger charge is -2.11. The monoisotopic (exact) mass is 237 g/mol. The second-order valence-corrected chi connectivity index (χ2v) is 4.50. The van der Waals surface area contributed by atoms with Crippen molar-refractivity contribution in [2.24, 2.45) is 10.3 Å². The van der Waals surface area contributed by atoms with Crippen LogP contribution < -0.4 is 5.73 Å². The maximum Gasteiger partial charge on any atom is 0.133 e. The van der Waals surface area contributed by atoms with Gasteiger partial charge in [-0.15, -0.1) is 0 Å². The van der Waals surface area contributed by atoms with E-state index in [1.807, 2.05) is 24.3 Å². The third kappa shape index (κ3) is 1.94. The number of nitrogens with zero attached hydrogens (tertiary/aromatic N) is 2. The largest absolute Gasteiger partial charge is 0.399 e. The number of nitriles is 1. The molecule has 1 aliphatic heterocycles. The summed E-state index contributed by atoms with van der Waals surface area (Å²) in [6, 6.07) is 9.60. The molecule has 1 aromatic carbocycles. The van der Waals surface area contributed by atoms with Crippen LogP contribution in [0.3, 0.4) is 0 Å². The topological polar surface area (TPSA) is 62.2 Å². The van der Waals surface area contributed by atoms with Gasteiger partial charge in [0.1, 0.15) is 11.1 Å². The highest BCUT2D eigenvalue weighted by Crippen LogP contribution is 2.43. The Morgan fingerprint density at radius 2 is 2.07 bits per heavy atom. The Hall–Kier alpha value is -1.18. The molecule has 3 nitrogen and oxygen atoms in total. The highest BCUT2D eigenvalue weighted by molar-refractivity contribution is 7.98. The number of rotatable bonds is 1. The summed E-state index contributed by atoms with van der Waals surface area (Å²) in [5, 5.41) is 9.34. The third-order valence-corrected chi connectivity index (χ3v) is 3.71. The molecule has 1 heterocycles. The Balaban J connectivity index is 2.27. The molecule has 2 unspecified atom stereocenters. The van der Waals surface area contributed by atoms with E-state index in [2.05, 4.69) is 10.5 Å². The van der Waals surface area contributed by atoms with Gasteiger partial charge in [-0.2, -0.15) is 5.26 Å². The minimum absolute atomic E-state index is 0.0110. The molecule has 2 rings (SSSR count). The molecule has 0 spiro atoms. The molecule has 0 radical (unpaired) electrons. The summed E-state index contributed by atoms with van der Waals surface area (Å²) < 4.78 is 4.01. The van der Waals surface area contributed by atoms with Crippen LogP contribution in [0.15, 0.2) is 28.7 Å². The Morgan fingerprint density at radius 3 is 2.67 bits per heavy atom. The molecule has 1 aromatic rings. The van der Waals surface area contributed by atoms with Gasteiger partial charge in [0.2, 0.25) is 0 Å². The zero-order chi connectivity index (χ0) is 10.8. The Labute approximate surface area is 97.1 Å². The molecule has 1 aliphatic rings. The first-order valence-electron chi connectivity index (χ1n) is 4.36. The van der Waals surface area contributed by atoms with Crippen LogP contribution in [0.2, 0.25) is 0 Å². The van der Waals surface area contributed by atoms with Crippen LogP contribution in [0.4, 0.5) is 5.69 Å². The molecule has 0 saturated carbocycles. The first-order chi connectivity index (χ1) is 7.22. The van der Waals surface area contributed by atoms with Crippen molar-refractivity contribution in [2.45, 2.75) is 5.25 Å². The molecule has 76 valence electrons. The molecule has 2 N–H and O–H groups in total. The van der Waals surface area contributed by atoms with Crippen LogP contribution in [0.1, 0.15) is 10.8 Å². The number of benzene rings is 1. The van der Waals surface area contributed by atoms with E-state index in [1.54, 1.807) is 0 Å². The molecular weight excluding hydrogens is 230 g/mol. The van der Waals surface area contributed by atoms with E-state index in [-0.39, 0.29) is 11.2 Å². The van der Waals surface area contributed by atoms with E-state index in [9.17, 15) is 0 Å². The van der Waals surface area contributed by atoms with E-state index < -0.39 is 0 Å². The first-order valence-corrected chi connectivity index (χ1v) is 5.58. The van der Waals surface area contributed by atoms with Crippen molar-refractivity contribution in [3.05, 3.63) is 29.8 Å². The van der Waals surface area contributed by atoms with Crippen LogP contribution >= 0.6 is 23.5 Å². The summed E-state index contributed by atoms with van der Waals surface area (Å²) >= 11 is 7.17. The molecule has 0 amide bonds.